The van der Waals surface area contributed by atoms with Gasteiger partial charge in [-0.25, -0.2) is 0 Å². The summed E-state index contributed by atoms with van der Waals surface area (Å²) in [7, 11) is 0. The molecule has 1 aromatic carbocycles. The van der Waals surface area contributed by atoms with Gasteiger partial charge in [-0.1, -0.05) is 6.07 Å². The van der Waals surface area contributed by atoms with Crippen molar-refractivity contribution in [3.05, 3.63) is 23.3 Å². The Hall–Kier alpha value is -1.22. The number of phenols is 2. The molecule has 0 unspecified atom stereocenters. The minimum absolute atomic E-state index is 0.0122. The second-order valence-electron chi connectivity index (χ2n) is 4.50. The largest absolute Gasteiger partial charge is 0.504 e. The molecule has 3 nitrogen and oxygen atoms in total. The van der Waals surface area contributed by atoms with E-state index >= 15 is 0 Å². The summed E-state index contributed by atoms with van der Waals surface area (Å²) in [4.78, 5) is 0. The number of rotatable bonds is 0. The maximum atomic E-state index is 9.79. The highest BCUT2D eigenvalue weighted by Gasteiger charge is 2.34. The van der Waals surface area contributed by atoms with Gasteiger partial charge in [0, 0.05) is 17.5 Å². The van der Waals surface area contributed by atoms with Gasteiger partial charge in [-0.05, 0) is 37.4 Å². The smallest absolute Gasteiger partial charge is 0.160 e. The highest BCUT2D eigenvalue weighted by atomic mass is 16.3. The number of hydrogen-bond donors (Lipinski definition) is 3. The minimum Gasteiger partial charge on any atom is -0.504 e. The minimum atomic E-state index is 0.0122. The Morgan fingerprint density at radius 3 is 2.93 bits per heavy atom. The van der Waals surface area contributed by atoms with Crippen LogP contribution in [-0.2, 0) is 6.42 Å². The summed E-state index contributed by atoms with van der Waals surface area (Å²) >= 11 is 0. The van der Waals surface area contributed by atoms with E-state index in [1.54, 1.807) is 6.07 Å². The summed E-state index contributed by atoms with van der Waals surface area (Å²) in [6.07, 6.45) is 3.07. The van der Waals surface area contributed by atoms with Crippen LogP contribution < -0.4 is 5.32 Å². The number of hydrogen-bond acceptors (Lipinski definition) is 3. The third-order valence-corrected chi connectivity index (χ3v) is 3.75. The van der Waals surface area contributed by atoms with Crippen molar-refractivity contribution >= 4 is 0 Å². The van der Waals surface area contributed by atoms with Gasteiger partial charge in [0.15, 0.2) is 11.5 Å². The molecular formula is C12H15NO2. The molecule has 0 spiro atoms. The van der Waals surface area contributed by atoms with E-state index in [0.29, 0.717) is 12.0 Å². The molecule has 1 aliphatic carbocycles. The predicted octanol–water partition coefficient (Wildman–Crippen LogP) is 1.49. The first-order valence-corrected chi connectivity index (χ1v) is 5.54. The van der Waals surface area contributed by atoms with Crippen molar-refractivity contribution in [3.8, 4) is 11.5 Å². The number of benzene rings is 1. The van der Waals surface area contributed by atoms with Crippen LogP contribution >= 0.6 is 0 Å². The quantitative estimate of drug-likeness (QED) is 0.562. The van der Waals surface area contributed by atoms with Gasteiger partial charge >= 0.3 is 0 Å². The molecule has 0 aromatic heterocycles. The molecule has 2 aliphatic rings. The highest BCUT2D eigenvalue weighted by Crippen LogP contribution is 2.43. The molecule has 1 aromatic rings. The van der Waals surface area contributed by atoms with Gasteiger partial charge in [0.05, 0.1) is 0 Å². The molecule has 1 aliphatic heterocycles. The molecule has 0 bridgehead atoms. The number of nitrogens with one attached hydrogen (secondary N) is 1. The summed E-state index contributed by atoms with van der Waals surface area (Å²) in [6, 6.07) is 4.14. The van der Waals surface area contributed by atoms with Crippen LogP contribution in [0, 0.1) is 0 Å². The first kappa shape index (κ1) is 9.04. The number of aromatic hydroxyl groups is 2. The van der Waals surface area contributed by atoms with E-state index in [1.807, 2.05) is 6.07 Å². The van der Waals surface area contributed by atoms with Gasteiger partial charge in [-0.3, -0.25) is 0 Å². The molecule has 1 heterocycles. The van der Waals surface area contributed by atoms with Gasteiger partial charge in [-0.2, -0.15) is 0 Å². The summed E-state index contributed by atoms with van der Waals surface area (Å²) in [5.74, 6) is 0.635. The molecule has 3 rings (SSSR count). The molecule has 2 atom stereocenters. The van der Waals surface area contributed by atoms with Crippen LogP contribution in [-0.4, -0.2) is 22.8 Å². The molecule has 0 amide bonds. The molecule has 1 fully saturated rings. The van der Waals surface area contributed by atoms with Gasteiger partial charge in [0.25, 0.3) is 0 Å². The fraction of sp³-hybridized carbons (Fsp3) is 0.500. The van der Waals surface area contributed by atoms with Crippen LogP contribution in [0.5, 0.6) is 11.5 Å². The molecule has 80 valence electrons. The standard InChI is InChI=1S/C12H15NO2/c14-11-4-2-7-8-5-6-13-10(8)3-1-9(7)12(11)15/h2,4,8,10,13-15H,1,3,5-6H2/t8-,10+/m0/s1. The van der Waals surface area contributed by atoms with Crippen LogP contribution in [0.4, 0.5) is 0 Å². The zero-order valence-electron chi connectivity index (χ0n) is 8.53. The zero-order chi connectivity index (χ0) is 10.4. The van der Waals surface area contributed by atoms with Gasteiger partial charge in [0.2, 0.25) is 0 Å². The summed E-state index contributed by atoms with van der Waals surface area (Å²) in [5.41, 5.74) is 2.19. The lowest BCUT2D eigenvalue weighted by Gasteiger charge is -2.28. The first-order valence-electron chi connectivity index (χ1n) is 5.54. The van der Waals surface area contributed by atoms with Crippen molar-refractivity contribution in [2.45, 2.75) is 31.2 Å². The monoisotopic (exact) mass is 205 g/mol. The van der Waals surface area contributed by atoms with Crippen molar-refractivity contribution in [1.82, 2.24) is 5.32 Å². The van der Waals surface area contributed by atoms with E-state index in [-0.39, 0.29) is 11.5 Å². The zero-order valence-corrected chi connectivity index (χ0v) is 8.53. The van der Waals surface area contributed by atoms with Gasteiger partial charge < -0.3 is 15.5 Å². The maximum absolute atomic E-state index is 9.79. The molecule has 15 heavy (non-hydrogen) atoms. The SMILES string of the molecule is Oc1ccc2c(c1O)CC[C@H]1NCC[C@@H]21. The first-order chi connectivity index (χ1) is 7.27. The van der Waals surface area contributed by atoms with Crippen LogP contribution in [0.1, 0.15) is 29.9 Å². The Morgan fingerprint density at radius 1 is 1.20 bits per heavy atom. The fourth-order valence-electron chi connectivity index (χ4n) is 2.99. The Bertz CT molecular complexity index is 403. The van der Waals surface area contributed by atoms with Crippen molar-refractivity contribution in [1.29, 1.82) is 0 Å². The molecule has 3 N–H and O–H groups in total. The molecule has 0 radical (unpaired) electrons. The average molecular weight is 205 g/mol. The summed E-state index contributed by atoms with van der Waals surface area (Å²) in [5, 5.41) is 22.7. The molecular weight excluding hydrogens is 190 g/mol. The Morgan fingerprint density at radius 2 is 2.07 bits per heavy atom. The van der Waals surface area contributed by atoms with Crippen LogP contribution in [0.2, 0.25) is 0 Å². The number of fused-ring (bicyclic) bond motifs is 3. The van der Waals surface area contributed by atoms with Crippen molar-refractivity contribution in [3.63, 3.8) is 0 Å². The van der Waals surface area contributed by atoms with Crippen molar-refractivity contribution < 1.29 is 10.2 Å². The second kappa shape index (κ2) is 3.14. The predicted molar refractivity (Wildman–Crippen MR) is 57.2 cm³/mol. The van der Waals surface area contributed by atoms with E-state index < -0.39 is 0 Å². The molecule has 0 saturated carbocycles. The second-order valence-corrected chi connectivity index (χ2v) is 4.50. The van der Waals surface area contributed by atoms with Crippen LogP contribution in [0.25, 0.3) is 0 Å². The lowest BCUT2D eigenvalue weighted by molar-refractivity contribution is 0.388. The topological polar surface area (TPSA) is 52.5 Å². The van der Waals surface area contributed by atoms with E-state index in [0.717, 1.165) is 31.4 Å². The number of phenolic OH excluding ortho intramolecular Hbond substituents is 2. The highest BCUT2D eigenvalue weighted by molar-refractivity contribution is 5.52. The summed E-state index contributed by atoms with van der Waals surface area (Å²) < 4.78 is 0. The third kappa shape index (κ3) is 1.23. The normalized spacial score (nSPS) is 28.5. The van der Waals surface area contributed by atoms with E-state index in [4.69, 9.17) is 0 Å². The average Bonchev–Trinajstić information content (AvgIpc) is 2.71. The fourth-order valence-corrected chi connectivity index (χ4v) is 2.99. The third-order valence-electron chi connectivity index (χ3n) is 3.75. The van der Waals surface area contributed by atoms with Crippen molar-refractivity contribution in [2.24, 2.45) is 0 Å². The summed E-state index contributed by atoms with van der Waals surface area (Å²) in [6.45, 7) is 1.07. The Labute approximate surface area is 88.7 Å². The lowest BCUT2D eigenvalue weighted by Crippen LogP contribution is -2.30. The van der Waals surface area contributed by atoms with E-state index in [9.17, 15) is 10.2 Å². The Balaban J connectivity index is 2.11. The lowest BCUT2D eigenvalue weighted by atomic mass is 9.79. The Kier molecular flexibility index (Phi) is 1.89. The van der Waals surface area contributed by atoms with E-state index in [2.05, 4.69) is 5.32 Å². The van der Waals surface area contributed by atoms with Gasteiger partial charge in [-0.15, -0.1) is 0 Å². The molecule has 1 saturated heterocycles. The van der Waals surface area contributed by atoms with Crippen LogP contribution in [0.15, 0.2) is 12.1 Å². The van der Waals surface area contributed by atoms with E-state index in [1.165, 1.54) is 5.56 Å². The van der Waals surface area contributed by atoms with Crippen LogP contribution in [0.3, 0.4) is 0 Å². The van der Waals surface area contributed by atoms with Gasteiger partial charge in [0.1, 0.15) is 0 Å². The maximum Gasteiger partial charge on any atom is 0.160 e. The molecule has 3 heteroatoms. The van der Waals surface area contributed by atoms with Crippen molar-refractivity contribution in [2.75, 3.05) is 6.54 Å².